The number of fused-ring (bicyclic) bond motifs is 6. The lowest BCUT2D eigenvalue weighted by Crippen LogP contribution is -2.39. The summed E-state index contributed by atoms with van der Waals surface area (Å²) in [4.78, 5) is 6.19. The Balaban J connectivity index is 1.61. The van der Waals surface area contributed by atoms with Crippen molar-refractivity contribution in [3.8, 4) is 11.5 Å². The SMILES string of the molecule is COc1cc2c(cc1O)C[C@H]1c3[nH]c4ccccc4c3CCN1C2. The number of aromatic hydroxyl groups is 1. The molecule has 0 radical (unpaired) electrons. The second-order valence-corrected chi connectivity index (χ2v) is 6.80. The van der Waals surface area contributed by atoms with Gasteiger partial charge in [-0.2, -0.15) is 0 Å². The van der Waals surface area contributed by atoms with E-state index in [0.29, 0.717) is 11.8 Å². The predicted octanol–water partition coefficient (Wildman–Crippen LogP) is 3.54. The zero-order chi connectivity index (χ0) is 16.3. The standard InChI is InChI=1S/C20H20N2O2/c1-24-19-10-13-11-22-7-6-15-14-4-2-3-5-16(14)21-20(15)17(22)8-12(13)9-18(19)23/h2-5,9-10,17,21,23H,6-8,11H2,1H3/t17-/m0/s1. The van der Waals surface area contributed by atoms with Crippen molar-refractivity contribution in [1.82, 2.24) is 9.88 Å². The number of H-pyrrole nitrogens is 1. The number of hydrogen-bond donors (Lipinski definition) is 2. The molecule has 2 N–H and O–H groups in total. The molecule has 2 aromatic carbocycles. The molecule has 1 aromatic heterocycles. The van der Waals surface area contributed by atoms with E-state index in [9.17, 15) is 5.11 Å². The maximum absolute atomic E-state index is 10.1. The summed E-state index contributed by atoms with van der Waals surface area (Å²) in [6.07, 6.45) is 2.01. The van der Waals surface area contributed by atoms with E-state index in [2.05, 4.69) is 34.1 Å². The fourth-order valence-electron chi connectivity index (χ4n) is 4.37. The van der Waals surface area contributed by atoms with Crippen molar-refractivity contribution < 1.29 is 9.84 Å². The van der Waals surface area contributed by atoms with E-state index in [0.717, 1.165) is 25.9 Å². The monoisotopic (exact) mass is 320 g/mol. The van der Waals surface area contributed by atoms with Crippen LogP contribution in [0.2, 0.25) is 0 Å². The number of ether oxygens (including phenoxy) is 1. The van der Waals surface area contributed by atoms with Crippen molar-refractivity contribution in [3.05, 3.63) is 58.8 Å². The molecule has 0 amide bonds. The minimum Gasteiger partial charge on any atom is -0.504 e. The van der Waals surface area contributed by atoms with Crippen LogP contribution >= 0.6 is 0 Å². The van der Waals surface area contributed by atoms with Crippen molar-refractivity contribution in [2.24, 2.45) is 0 Å². The molecule has 4 nitrogen and oxygen atoms in total. The Bertz CT molecular complexity index is 944. The largest absolute Gasteiger partial charge is 0.504 e. The number of phenols is 1. The van der Waals surface area contributed by atoms with Crippen molar-refractivity contribution in [2.45, 2.75) is 25.4 Å². The van der Waals surface area contributed by atoms with Crippen LogP contribution in [0.1, 0.15) is 28.4 Å². The molecule has 0 saturated carbocycles. The maximum atomic E-state index is 10.1. The highest BCUT2D eigenvalue weighted by molar-refractivity contribution is 5.85. The first-order valence-corrected chi connectivity index (χ1v) is 8.47. The van der Waals surface area contributed by atoms with Gasteiger partial charge in [0.1, 0.15) is 0 Å². The number of methoxy groups -OCH3 is 1. The molecule has 24 heavy (non-hydrogen) atoms. The summed E-state index contributed by atoms with van der Waals surface area (Å²) in [6.45, 7) is 1.98. The van der Waals surface area contributed by atoms with Gasteiger partial charge in [-0.1, -0.05) is 18.2 Å². The zero-order valence-corrected chi connectivity index (χ0v) is 13.7. The predicted molar refractivity (Wildman–Crippen MR) is 93.5 cm³/mol. The lowest BCUT2D eigenvalue weighted by atomic mass is 9.87. The van der Waals surface area contributed by atoms with Gasteiger partial charge in [-0.25, -0.2) is 0 Å². The molecule has 0 aliphatic carbocycles. The Morgan fingerprint density at radius 2 is 2.08 bits per heavy atom. The second kappa shape index (κ2) is 5.02. The van der Waals surface area contributed by atoms with Gasteiger partial charge in [-0.3, -0.25) is 4.90 Å². The van der Waals surface area contributed by atoms with Gasteiger partial charge in [0.15, 0.2) is 11.5 Å². The number of nitrogens with zero attached hydrogens (tertiary/aromatic N) is 1. The molecule has 0 spiro atoms. The molecule has 0 unspecified atom stereocenters. The summed E-state index contributed by atoms with van der Waals surface area (Å²) in [5, 5.41) is 11.5. The highest BCUT2D eigenvalue weighted by Crippen LogP contribution is 2.42. The summed E-state index contributed by atoms with van der Waals surface area (Å²) < 4.78 is 5.27. The molecular formula is C20H20N2O2. The average Bonchev–Trinajstić information content (AvgIpc) is 2.98. The van der Waals surface area contributed by atoms with Crippen molar-refractivity contribution in [2.75, 3.05) is 13.7 Å². The smallest absolute Gasteiger partial charge is 0.160 e. The normalized spacial score (nSPS) is 19.6. The summed E-state index contributed by atoms with van der Waals surface area (Å²) in [6, 6.07) is 12.8. The summed E-state index contributed by atoms with van der Waals surface area (Å²) >= 11 is 0. The first-order valence-electron chi connectivity index (χ1n) is 8.47. The van der Waals surface area contributed by atoms with Gasteiger partial charge in [0.25, 0.3) is 0 Å². The molecule has 122 valence electrons. The van der Waals surface area contributed by atoms with Crippen LogP contribution in [0, 0.1) is 0 Å². The third-order valence-corrected chi connectivity index (χ3v) is 5.56. The van der Waals surface area contributed by atoms with Crippen LogP contribution in [0.25, 0.3) is 10.9 Å². The first-order chi connectivity index (χ1) is 11.7. The van der Waals surface area contributed by atoms with Crippen molar-refractivity contribution >= 4 is 10.9 Å². The third-order valence-electron chi connectivity index (χ3n) is 5.56. The van der Waals surface area contributed by atoms with Crippen molar-refractivity contribution in [1.29, 1.82) is 0 Å². The molecule has 1 atom stereocenters. The Hall–Kier alpha value is -2.46. The molecule has 4 heteroatoms. The molecular weight excluding hydrogens is 300 g/mol. The Kier molecular flexibility index (Phi) is 2.91. The number of para-hydroxylation sites is 1. The van der Waals surface area contributed by atoms with Gasteiger partial charge in [0.05, 0.1) is 13.2 Å². The van der Waals surface area contributed by atoms with E-state index in [-0.39, 0.29) is 5.75 Å². The van der Waals surface area contributed by atoms with Gasteiger partial charge in [-0.05, 0) is 47.7 Å². The van der Waals surface area contributed by atoms with E-state index in [1.54, 1.807) is 7.11 Å². The maximum Gasteiger partial charge on any atom is 0.160 e. The Morgan fingerprint density at radius 3 is 2.96 bits per heavy atom. The highest BCUT2D eigenvalue weighted by atomic mass is 16.5. The minimum absolute atomic E-state index is 0.234. The highest BCUT2D eigenvalue weighted by Gasteiger charge is 2.34. The van der Waals surface area contributed by atoms with Gasteiger partial charge < -0.3 is 14.8 Å². The molecule has 3 aromatic rings. The van der Waals surface area contributed by atoms with Gasteiger partial charge >= 0.3 is 0 Å². The number of aromatic amines is 1. The second-order valence-electron chi connectivity index (χ2n) is 6.80. The van der Waals surface area contributed by atoms with Crippen LogP contribution in [-0.2, 0) is 19.4 Å². The Morgan fingerprint density at radius 1 is 1.21 bits per heavy atom. The van der Waals surface area contributed by atoms with E-state index in [1.165, 1.54) is 33.3 Å². The molecule has 0 bridgehead atoms. The van der Waals surface area contributed by atoms with Crippen LogP contribution < -0.4 is 4.74 Å². The Labute approximate surface area is 140 Å². The summed E-state index contributed by atoms with van der Waals surface area (Å²) in [5.74, 6) is 0.799. The van der Waals surface area contributed by atoms with Crippen LogP contribution in [0.3, 0.4) is 0 Å². The number of aromatic nitrogens is 1. The lowest BCUT2D eigenvalue weighted by Gasteiger charge is -2.40. The molecule has 2 aliphatic heterocycles. The molecule has 0 fully saturated rings. The van der Waals surface area contributed by atoms with Gasteiger partial charge in [0.2, 0.25) is 0 Å². The van der Waals surface area contributed by atoms with Crippen LogP contribution in [0.15, 0.2) is 36.4 Å². The zero-order valence-electron chi connectivity index (χ0n) is 13.7. The van der Waals surface area contributed by atoms with Crippen LogP contribution in [-0.4, -0.2) is 28.6 Å². The lowest BCUT2D eigenvalue weighted by molar-refractivity contribution is 0.158. The number of rotatable bonds is 1. The fourth-order valence-corrected chi connectivity index (χ4v) is 4.37. The minimum atomic E-state index is 0.234. The average molecular weight is 320 g/mol. The van der Waals surface area contributed by atoms with E-state index >= 15 is 0 Å². The van der Waals surface area contributed by atoms with E-state index in [4.69, 9.17) is 4.74 Å². The topological polar surface area (TPSA) is 48.5 Å². The number of phenolic OH excluding ortho intramolecular Hbond substituents is 1. The molecule has 5 rings (SSSR count). The quantitative estimate of drug-likeness (QED) is 0.721. The van der Waals surface area contributed by atoms with Crippen LogP contribution in [0.4, 0.5) is 0 Å². The number of benzene rings is 2. The van der Waals surface area contributed by atoms with Crippen molar-refractivity contribution in [3.63, 3.8) is 0 Å². The summed E-state index contributed by atoms with van der Waals surface area (Å²) in [7, 11) is 1.60. The molecule has 2 aliphatic rings. The molecule has 0 saturated heterocycles. The van der Waals surface area contributed by atoms with Gasteiger partial charge in [-0.15, -0.1) is 0 Å². The van der Waals surface area contributed by atoms with Crippen LogP contribution in [0.5, 0.6) is 11.5 Å². The number of hydrogen-bond acceptors (Lipinski definition) is 3. The van der Waals surface area contributed by atoms with E-state index < -0.39 is 0 Å². The fraction of sp³-hybridized carbons (Fsp3) is 0.300. The summed E-state index contributed by atoms with van der Waals surface area (Å²) in [5.41, 5.74) is 6.53. The number of nitrogens with one attached hydrogen (secondary N) is 1. The first kappa shape index (κ1) is 13.9. The third kappa shape index (κ3) is 1.89. The molecule has 3 heterocycles. The van der Waals surface area contributed by atoms with Gasteiger partial charge in [0, 0.05) is 29.7 Å². The van der Waals surface area contributed by atoms with E-state index in [1.807, 2.05) is 12.1 Å².